The third-order valence-corrected chi connectivity index (χ3v) is 3.02. The largest absolute Gasteiger partial charge is 0.481 e. The van der Waals surface area contributed by atoms with Gasteiger partial charge in [0.2, 0.25) is 0 Å². The number of carboxylic acid groups (broad SMARTS) is 1. The van der Waals surface area contributed by atoms with Gasteiger partial charge in [-0.05, 0) is 11.6 Å². The number of nitrogens with zero attached hydrogens (tertiary/aromatic N) is 1. The Kier molecular flexibility index (Phi) is 4.46. The molecule has 1 aliphatic heterocycles. The first-order valence-corrected chi connectivity index (χ1v) is 6.19. The van der Waals surface area contributed by atoms with E-state index in [0.717, 1.165) is 5.56 Å². The topological polar surface area (TPSA) is 88.5 Å². The number of esters is 1. The lowest BCUT2D eigenvalue weighted by Crippen LogP contribution is -2.21. The van der Waals surface area contributed by atoms with Crippen LogP contribution in [0, 0.1) is 0 Å². The second-order valence-electron chi connectivity index (χ2n) is 4.49. The summed E-state index contributed by atoms with van der Waals surface area (Å²) < 4.78 is 5.23. The second kappa shape index (κ2) is 6.29. The zero-order valence-electron chi connectivity index (χ0n) is 10.4. The highest BCUT2D eigenvalue weighted by Gasteiger charge is 2.28. The Hall–Kier alpha value is -1.95. The molecule has 0 aliphatic carbocycles. The van der Waals surface area contributed by atoms with E-state index in [9.17, 15) is 9.59 Å². The first kappa shape index (κ1) is 13.5. The van der Waals surface area contributed by atoms with E-state index in [0.29, 0.717) is 13.0 Å². The summed E-state index contributed by atoms with van der Waals surface area (Å²) >= 11 is 0. The van der Waals surface area contributed by atoms with Gasteiger partial charge in [0.1, 0.15) is 6.10 Å². The van der Waals surface area contributed by atoms with Crippen molar-refractivity contribution in [1.82, 2.24) is 10.3 Å². The number of hydrogen-bond donors (Lipinski definition) is 2. The summed E-state index contributed by atoms with van der Waals surface area (Å²) in [5.41, 5.74) is 1.06. The number of hydrogen-bond acceptors (Lipinski definition) is 5. The molecule has 0 radical (unpaired) electrons. The third kappa shape index (κ3) is 4.03. The molecule has 0 amide bonds. The van der Waals surface area contributed by atoms with Crippen molar-refractivity contribution in [2.75, 3.05) is 6.54 Å². The quantitative estimate of drug-likeness (QED) is 0.768. The third-order valence-electron chi connectivity index (χ3n) is 3.02. The van der Waals surface area contributed by atoms with Gasteiger partial charge in [-0.3, -0.25) is 14.6 Å². The minimum Gasteiger partial charge on any atom is -0.481 e. The molecule has 19 heavy (non-hydrogen) atoms. The highest BCUT2D eigenvalue weighted by atomic mass is 16.5. The fourth-order valence-corrected chi connectivity index (χ4v) is 2.08. The van der Waals surface area contributed by atoms with E-state index in [-0.39, 0.29) is 25.0 Å². The van der Waals surface area contributed by atoms with Crippen molar-refractivity contribution in [3.63, 3.8) is 0 Å². The molecule has 2 N–H and O–H groups in total. The van der Waals surface area contributed by atoms with Crippen molar-refractivity contribution in [2.45, 2.75) is 31.4 Å². The minimum absolute atomic E-state index is 0.0800. The average Bonchev–Trinajstić information content (AvgIpc) is 2.86. The van der Waals surface area contributed by atoms with Gasteiger partial charge in [0.05, 0.1) is 12.8 Å². The van der Waals surface area contributed by atoms with Crippen molar-refractivity contribution in [2.24, 2.45) is 0 Å². The van der Waals surface area contributed by atoms with Crippen LogP contribution in [0.15, 0.2) is 24.5 Å². The lowest BCUT2D eigenvalue weighted by Gasteiger charge is -2.11. The van der Waals surface area contributed by atoms with Crippen LogP contribution in [0.25, 0.3) is 0 Å². The molecule has 102 valence electrons. The molecular formula is C13H16N2O4. The molecule has 1 aliphatic rings. The summed E-state index contributed by atoms with van der Waals surface area (Å²) in [6.07, 6.45) is 3.71. The van der Waals surface area contributed by atoms with Crippen molar-refractivity contribution >= 4 is 11.9 Å². The Balaban J connectivity index is 1.79. The molecule has 1 aromatic rings. The monoisotopic (exact) mass is 264 g/mol. The predicted octanol–water partition coefficient (Wildman–Crippen LogP) is 0.893. The van der Waals surface area contributed by atoms with Gasteiger partial charge in [0.15, 0.2) is 0 Å². The summed E-state index contributed by atoms with van der Waals surface area (Å²) in [5.74, 6) is -1.45. The number of carboxylic acids is 1. The normalized spacial score (nSPS) is 22.1. The molecule has 2 rings (SSSR count). The lowest BCUT2D eigenvalue weighted by atomic mass is 10.1. The van der Waals surface area contributed by atoms with Gasteiger partial charge >= 0.3 is 11.9 Å². The van der Waals surface area contributed by atoms with Crippen LogP contribution in [-0.4, -0.2) is 34.7 Å². The Morgan fingerprint density at radius 1 is 1.47 bits per heavy atom. The Labute approximate surface area is 110 Å². The number of nitrogens with one attached hydrogen (secondary N) is 1. The van der Waals surface area contributed by atoms with Crippen LogP contribution in [-0.2, 0) is 14.3 Å². The molecule has 2 atom stereocenters. The van der Waals surface area contributed by atoms with Crippen LogP contribution >= 0.6 is 0 Å². The van der Waals surface area contributed by atoms with Crippen LogP contribution in [0.4, 0.5) is 0 Å². The summed E-state index contributed by atoms with van der Waals surface area (Å²) in [6, 6.07) is 3.97. The highest BCUT2D eigenvalue weighted by molar-refractivity contribution is 5.76. The second-order valence-corrected chi connectivity index (χ2v) is 4.49. The molecule has 6 heteroatoms. The lowest BCUT2D eigenvalue weighted by molar-refractivity contribution is -0.151. The average molecular weight is 264 g/mol. The van der Waals surface area contributed by atoms with Crippen LogP contribution < -0.4 is 5.32 Å². The number of aromatic nitrogens is 1. The van der Waals surface area contributed by atoms with Gasteiger partial charge in [-0.25, -0.2) is 0 Å². The number of ether oxygens (including phenoxy) is 1. The predicted molar refractivity (Wildman–Crippen MR) is 66.3 cm³/mol. The van der Waals surface area contributed by atoms with Crippen LogP contribution in [0.2, 0.25) is 0 Å². The number of rotatable bonds is 5. The molecule has 2 heterocycles. The van der Waals surface area contributed by atoms with Crippen molar-refractivity contribution in [3.8, 4) is 0 Å². The summed E-state index contributed by atoms with van der Waals surface area (Å²) in [4.78, 5) is 25.8. The number of carbonyl (C=O) groups excluding carboxylic acids is 1. The van der Waals surface area contributed by atoms with Crippen LogP contribution in [0.1, 0.15) is 30.9 Å². The first-order valence-electron chi connectivity index (χ1n) is 6.19. The molecular weight excluding hydrogens is 248 g/mol. The maximum absolute atomic E-state index is 11.4. The van der Waals surface area contributed by atoms with E-state index in [1.54, 1.807) is 12.4 Å². The molecule has 1 saturated heterocycles. The Morgan fingerprint density at radius 2 is 2.32 bits per heavy atom. The SMILES string of the molecule is O=C(O)CCC(=O)OC1CNC(c2cccnc2)C1. The van der Waals surface area contributed by atoms with E-state index in [4.69, 9.17) is 9.84 Å². The van der Waals surface area contributed by atoms with Gasteiger partial charge in [-0.2, -0.15) is 0 Å². The minimum atomic E-state index is -0.991. The molecule has 6 nitrogen and oxygen atoms in total. The van der Waals surface area contributed by atoms with Gasteiger partial charge in [0.25, 0.3) is 0 Å². The Bertz CT molecular complexity index is 449. The van der Waals surface area contributed by atoms with Gasteiger partial charge < -0.3 is 15.2 Å². The van der Waals surface area contributed by atoms with Gasteiger partial charge in [0, 0.05) is 31.4 Å². The standard InChI is InChI=1S/C13H16N2O4/c16-12(17)3-4-13(18)19-10-6-11(15-8-10)9-2-1-5-14-7-9/h1-2,5,7,10-11,15H,3-4,6,8H2,(H,16,17). The molecule has 1 aromatic heterocycles. The number of aliphatic carboxylic acids is 1. The zero-order chi connectivity index (χ0) is 13.7. The fraction of sp³-hybridized carbons (Fsp3) is 0.462. The van der Waals surface area contributed by atoms with Crippen LogP contribution in [0.3, 0.4) is 0 Å². The van der Waals surface area contributed by atoms with E-state index in [2.05, 4.69) is 10.3 Å². The number of carbonyl (C=O) groups is 2. The maximum atomic E-state index is 11.4. The Morgan fingerprint density at radius 3 is 3.00 bits per heavy atom. The molecule has 1 fully saturated rings. The zero-order valence-corrected chi connectivity index (χ0v) is 10.4. The summed E-state index contributed by atoms with van der Waals surface area (Å²) in [6.45, 7) is 0.582. The van der Waals surface area contributed by atoms with Gasteiger partial charge in [-0.1, -0.05) is 6.07 Å². The molecule has 0 bridgehead atoms. The van der Waals surface area contributed by atoms with E-state index >= 15 is 0 Å². The van der Waals surface area contributed by atoms with Gasteiger partial charge in [-0.15, -0.1) is 0 Å². The van der Waals surface area contributed by atoms with Crippen molar-refractivity contribution < 1.29 is 19.4 Å². The van der Waals surface area contributed by atoms with Crippen molar-refractivity contribution in [1.29, 1.82) is 0 Å². The van der Waals surface area contributed by atoms with Crippen molar-refractivity contribution in [3.05, 3.63) is 30.1 Å². The maximum Gasteiger partial charge on any atom is 0.306 e. The van der Waals surface area contributed by atoms with E-state index in [1.807, 2.05) is 12.1 Å². The fourth-order valence-electron chi connectivity index (χ4n) is 2.08. The van der Waals surface area contributed by atoms with E-state index < -0.39 is 11.9 Å². The molecule has 2 unspecified atom stereocenters. The van der Waals surface area contributed by atoms with E-state index in [1.165, 1.54) is 0 Å². The summed E-state index contributed by atoms with van der Waals surface area (Å²) in [5, 5.41) is 11.7. The smallest absolute Gasteiger partial charge is 0.306 e. The number of pyridine rings is 1. The highest BCUT2D eigenvalue weighted by Crippen LogP contribution is 2.24. The molecule has 0 aromatic carbocycles. The molecule has 0 saturated carbocycles. The molecule has 0 spiro atoms. The summed E-state index contributed by atoms with van der Waals surface area (Å²) in [7, 11) is 0. The first-order chi connectivity index (χ1) is 9.15. The van der Waals surface area contributed by atoms with Crippen LogP contribution in [0.5, 0.6) is 0 Å².